The van der Waals surface area contributed by atoms with Gasteiger partial charge in [0, 0.05) is 36.3 Å². The Balaban J connectivity index is 1.68. The van der Waals surface area contributed by atoms with Crippen LogP contribution in [0.15, 0.2) is 24.5 Å². The summed E-state index contributed by atoms with van der Waals surface area (Å²) in [5.41, 5.74) is 1.41. The Bertz CT molecular complexity index is 1090. The molecular weight excluding hydrogens is 394 g/mol. The highest BCUT2D eigenvalue weighted by Gasteiger charge is 2.33. The Morgan fingerprint density at radius 3 is 2.80 bits per heavy atom. The molecule has 0 aromatic carbocycles. The maximum absolute atomic E-state index is 13.4. The molecule has 0 N–H and O–H groups in total. The van der Waals surface area contributed by atoms with E-state index in [1.165, 1.54) is 24.0 Å². The predicted octanol–water partition coefficient (Wildman–Crippen LogP) is 3.04. The van der Waals surface area contributed by atoms with Crippen molar-refractivity contribution in [3.63, 3.8) is 0 Å². The number of hydrogen-bond donors (Lipinski definition) is 0. The van der Waals surface area contributed by atoms with Crippen LogP contribution in [0.25, 0.3) is 5.78 Å². The van der Waals surface area contributed by atoms with E-state index in [1.807, 2.05) is 0 Å². The fourth-order valence-electron chi connectivity index (χ4n) is 3.92. The molecule has 8 nitrogen and oxygen atoms in total. The van der Waals surface area contributed by atoms with E-state index in [-0.39, 0.29) is 29.2 Å². The average Bonchev–Trinajstić information content (AvgIpc) is 3.21. The van der Waals surface area contributed by atoms with Crippen molar-refractivity contribution in [1.29, 1.82) is 0 Å². The first-order chi connectivity index (χ1) is 14.4. The number of rotatable bonds is 4. The van der Waals surface area contributed by atoms with Gasteiger partial charge in [-0.25, -0.2) is 23.3 Å². The first-order valence-electron chi connectivity index (χ1n) is 9.68. The predicted molar refractivity (Wildman–Crippen MR) is 104 cm³/mol. The van der Waals surface area contributed by atoms with Gasteiger partial charge in [0.05, 0.1) is 12.8 Å². The van der Waals surface area contributed by atoms with Crippen LogP contribution in [-0.2, 0) is 0 Å². The molecular formula is C20H22F2N6O2. The van der Waals surface area contributed by atoms with E-state index in [4.69, 9.17) is 4.74 Å². The van der Waals surface area contributed by atoms with Gasteiger partial charge in [0.25, 0.3) is 18.1 Å². The number of carbonyl (C=O) groups excluding carboxylic acids is 1. The number of ether oxygens (including phenoxy) is 1. The van der Waals surface area contributed by atoms with Crippen LogP contribution in [0.1, 0.15) is 53.1 Å². The number of aryl methyl sites for hydroxylation is 1. The normalized spacial score (nSPS) is 19.5. The van der Waals surface area contributed by atoms with Crippen molar-refractivity contribution < 1.29 is 18.3 Å². The molecule has 4 heterocycles. The summed E-state index contributed by atoms with van der Waals surface area (Å²) < 4.78 is 33.4. The average molecular weight is 416 g/mol. The Hall–Kier alpha value is -3.17. The molecule has 1 fully saturated rings. The number of amides is 1. The lowest BCUT2D eigenvalue weighted by Crippen LogP contribution is -2.42. The topological polar surface area (TPSA) is 85.5 Å². The fourth-order valence-corrected chi connectivity index (χ4v) is 3.92. The van der Waals surface area contributed by atoms with Gasteiger partial charge in [-0.05, 0) is 31.4 Å². The van der Waals surface area contributed by atoms with E-state index in [2.05, 4.69) is 27.0 Å². The lowest BCUT2D eigenvalue weighted by atomic mass is 9.84. The molecule has 30 heavy (non-hydrogen) atoms. The molecule has 4 rings (SSSR count). The second-order valence-corrected chi connectivity index (χ2v) is 7.54. The number of nitrogens with zero attached hydrogens (tertiary/aromatic N) is 6. The Morgan fingerprint density at radius 2 is 2.07 bits per heavy atom. The first-order valence-corrected chi connectivity index (χ1v) is 9.68. The van der Waals surface area contributed by atoms with Gasteiger partial charge in [-0.3, -0.25) is 4.79 Å². The van der Waals surface area contributed by atoms with Crippen molar-refractivity contribution in [1.82, 2.24) is 29.5 Å². The zero-order valence-corrected chi connectivity index (χ0v) is 16.9. The van der Waals surface area contributed by atoms with Gasteiger partial charge in [-0.1, -0.05) is 6.92 Å². The van der Waals surface area contributed by atoms with Crippen LogP contribution in [0.5, 0.6) is 5.88 Å². The third-order valence-corrected chi connectivity index (χ3v) is 5.53. The van der Waals surface area contributed by atoms with Crippen LogP contribution in [0, 0.1) is 12.8 Å². The third kappa shape index (κ3) is 3.69. The first kappa shape index (κ1) is 20.1. The summed E-state index contributed by atoms with van der Waals surface area (Å²) in [5.74, 6) is 0.349. The van der Waals surface area contributed by atoms with E-state index < -0.39 is 6.43 Å². The minimum atomic E-state index is -2.71. The zero-order chi connectivity index (χ0) is 21.4. The monoisotopic (exact) mass is 416 g/mol. The van der Waals surface area contributed by atoms with Gasteiger partial charge in [0.2, 0.25) is 5.88 Å². The molecule has 0 aliphatic carbocycles. The molecule has 0 radical (unpaired) electrons. The van der Waals surface area contributed by atoms with Gasteiger partial charge < -0.3 is 9.64 Å². The van der Waals surface area contributed by atoms with Gasteiger partial charge in [-0.2, -0.15) is 10.1 Å². The smallest absolute Gasteiger partial charge is 0.280 e. The van der Waals surface area contributed by atoms with Crippen LogP contribution >= 0.6 is 0 Å². The van der Waals surface area contributed by atoms with Gasteiger partial charge in [0.15, 0.2) is 0 Å². The second kappa shape index (κ2) is 7.92. The number of alkyl halides is 2. The largest absolute Gasteiger partial charge is 0.481 e. The maximum Gasteiger partial charge on any atom is 0.280 e. The third-order valence-electron chi connectivity index (χ3n) is 5.53. The van der Waals surface area contributed by atoms with Crippen LogP contribution in [0.2, 0.25) is 0 Å². The number of piperidine rings is 1. The van der Waals surface area contributed by atoms with Crippen LogP contribution < -0.4 is 4.74 Å². The van der Waals surface area contributed by atoms with Crippen molar-refractivity contribution in [3.8, 4) is 5.88 Å². The van der Waals surface area contributed by atoms with E-state index in [9.17, 15) is 13.6 Å². The van der Waals surface area contributed by atoms with E-state index in [0.29, 0.717) is 35.9 Å². The molecule has 0 unspecified atom stereocenters. The molecule has 3 aromatic rings. The quantitative estimate of drug-likeness (QED) is 0.650. The van der Waals surface area contributed by atoms with Crippen LogP contribution in [0.4, 0.5) is 8.78 Å². The highest BCUT2D eigenvalue weighted by atomic mass is 19.3. The van der Waals surface area contributed by atoms with Crippen molar-refractivity contribution in [2.24, 2.45) is 5.92 Å². The van der Waals surface area contributed by atoms with Gasteiger partial charge >= 0.3 is 0 Å². The zero-order valence-electron chi connectivity index (χ0n) is 16.9. The van der Waals surface area contributed by atoms with Crippen LogP contribution in [0.3, 0.4) is 0 Å². The minimum Gasteiger partial charge on any atom is -0.481 e. The number of methoxy groups -OCH3 is 1. The summed E-state index contributed by atoms with van der Waals surface area (Å²) in [5, 5.41) is 4.16. The summed E-state index contributed by atoms with van der Waals surface area (Å²) in [6, 6.07) is 4.70. The highest BCUT2D eigenvalue weighted by Crippen LogP contribution is 2.34. The lowest BCUT2D eigenvalue weighted by Gasteiger charge is -2.37. The molecule has 158 valence electrons. The lowest BCUT2D eigenvalue weighted by molar-refractivity contribution is 0.0664. The minimum absolute atomic E-state index is 0.132. The SMILES string of the molecule is COc1cc(C(=O)N2CC[C@@H](C)[C@H](c3cc(C(F)F)nc4ncnn34)C2)cc(C)n1. The van der Waals surface area contributed by atoms with Gasteiger partial charge in [-0.15, -0.1) is 0 Å². The van der Waals surface area contributed by atoms with Crippen molar-refractivity contribution in [3.05, 3.63) is 47.2 Å². The number of halogens is 2. The number of pyridine rings is 1. The van der Waals surface area contributed by atoms with E-state index >= 15 is 0 Å². The number of likely N-dealkylation sites (tertiary alicyclic amines) is 1. The molecule has 0 saturated carbocycles. The molecule has 2 atom stereocenters. The summed E-state index contributed by atoms with van der Waals surface area (Å²) in [6.45, 7) is 4.81. The Kier molecular flexibility index (Phi) is 5.31. The number of fused-ring (bicyclic) bond motifs is 1. The summed E-state index contributed by atoms with van der Waals surface area (Å²) >= 11 is 0. The maximum atomic E-state index is 13.4. The van der Waals surface area contributed by atoms with Crippen molar-refractivity contribution in [2.75, 3.05) is 20.2 Å². The summed E-state index contributed by atoms with van der Waals surface area (Å²) in [6.07, 6.45) is -0.682. The summed E-state index contributed by atoms with van der Waals surface area (Å²) in [7, 11) is 1.50. The fraction of sp³-hybridized carbons (Fsp3) is 0.450. The molecule has 1 aliphatic rings. The number of aromatic nitrogens is 5. The van der Waals surface area contributed by atoms with Crippen LogP contribution in [-0.4, -0.2) is 55.6 Å². The molecule has 0 bridgehead atoms. The molecule has 1 aliphatic heterocycles. The standard InChI is InChI=1S/C20H22F2N6O2/c1-11-4-5-27(19(29)13-6-12(2)25-17(7-13)30-3)9-14(11)16-8-15(18(21)22)26-20-23-10-24-28(16)20/h6-8,10-11,14,18H,4-5,9H2,1-3H3/t11-,14-/m1/s1. The molecule has 1 amide bonds. The second-order valence-electron chi connectivity index (χ2n) is 7.54. The molecule has 10 heteroatoms. The Labute approximate surface area is 171 Å². The molecule has 1 saturated heterocycles. The number of hydrogen-bond acceptors (Lipinski definition) is 6. The van der Waals surface area contributed by atoms with E-state index in [1.54, 1.807) is 24.0 Å². The van der Waals surface area contributed by atoms with Gasteiger partial charge in [0.1, 0.15) is 12.0 Å². The van der Waals surface area contributed by atoms with E-state index in [0.717, 1.165) is 6.42 Å². The molecule has 0 spiro atoms. The number of carbonyl (C=O) groups is 1. The highest BCUT2D eigenvalue weighted by molar-refractivity contribution is 5.94. The summed E-state index contributed by atoms with van der Waals surface area (Å²) in [4.78, 5) is 27.0. The Morgan fingerprint density at radius 1 is 1.27 bits per heavy atom. The molecule has 3 aromatic heterocycles. The van der Waals surface area contributed by atoms with Crippen molar-refractivity contribution in [2.45, 2.75) is 32.6 Å². The van der Waals surface area contributed by atoms with Crippen molar-refractivity contribution >= 4 is 11.7 Å².